The molecule has 3 heterocycles. The standard InChI is InChI=1S/C43H62N14O14S/c44-35(62)26(4-1-2-12-48-38(64)30(22-72)55-40(66)29(18-33(60)61)54-39(65)27-5-3-13-46-27)52-32(59)21-71-17-16-70-15-14-47-31(58)11-10-28(42(68)69)53-37(63)23-6-8-24(9-7-23)49-19-25-20-50-36-34(51-25)41(67)57-43(45)56-36/h6-9,20,26-30,34,36,46,49,72H,1-5,10-19,21-22H2,(H2,44,62)(H,47,58)(H,48,64)(H,52,59)(H,53,63)(H,54,65)(H,55,66)(H,60,61)(H,68,69)(H3,45,56,57,67). The molecule has 0 aromatic heterocycles. The summed E-state index contributed by atoms with van der Waals surface area (Å²) in [7, 11) is 0. The number of unbranched alkanes of at least 4 members (excludes halogenated alkanes) is 1. The van der Waals surface area contributed by atoms with Gasteiger partial charge in [0, 0.05) is 42.7 Å². The van der Waals surface area contributed by atoms with E-state index in [9.17, 15) is 58.2 Å². The Morgan fingerprint density at radius 2 is 1.57 bits per heavy atom. The third-order valence-electron chi connectivity index (χ3n) is 10.9. The third kappa shape index (κ3) is 19.9. The number of guanidine groups is 1. The number of carbonyl (C=O) groups is 10. The summed E-state index contributed by atoms with van der Waals surface area (Å²) in [4.78, 5) is 136. The highest BCUT2D eigenvalue weighted by atomic mass is 32.1. The monoisotopic (exact) mass is 1030 g/mol. The van der Waals surface area contributed by atoms with E-state index in [0.29, 0.717) is 37.2 Å². The zero-order valence-electron chi connectivity index (χ0n) is 39.2. The minimum atomic E-state index is -1.42. The number of fused-ring (bicyclic) bond motifs is 1. The first-order chi connectivity index (χ1) is 34.4. The van der Waals surface area contributed by atoms with Gasteiger partial charge in [0.2, 0.25) is 35.4 Å². The van der Waals surface area contributed by atoms with E-state index in [2.05, 4.69) is 75.5 Å². The molecular weight excluding hydrogens is 969 g/mol. The summed E-state index contributed by atoms with van der Waals surface area (Å²) in [5.41, 5.74) is 12.3. The number of hydrogen-bond donors (Lipinski definition) is 14. The largest absolute Gasteiger partial charge is 0.481 e. The molecule has 29 heteroatoms. The van der Waals surface area contributed by atoms with E-state index in [1.54, 1.807) is 12.1 Å². The minimum absolute atomic E-state index is 0.0120. The summed E-state index contributed by atoms with van der Waals surface area (Å²) >= 11 is 4.11. The summed E-state index contributed by atoms with van der Waals surface area (Å²) in [6.45, 7) is 0.711. The minimum Gasteiger partial charge on any atom is -0.481 e. The average molecular weight is 1030 g/mol. The number of nitrogens with zero attached hydrogens (tertiary/aromatic N) is 3. The van der Waals surface area contributed by atoms with Crippen LogP contribution in [0.25, 0.3) is 0 Å². The molecule has 1 fully saturated rings. The lowest BCUT2D eigenvalue weighted by atomic mass is 10.1. The number of primary amides is 1. The second-order valence-corrected chi connectivity index (χ2v) is 16.8. The molecule has 4 rings (SSSR count). The number of carboxylic acid groups (broad SMARTS) is 2. The van der Waals surface area contributed by atoms with Gasteiger partial charge in [0.25, 0.3) is 11.8 Å². The number of benzene rings is 1. The molecule has 3 aliphatic heterocycles. The van der Waals surface area contributed by atoms with Crippen LogP contribution in [0.5, 0.6) is 0 Å². The van der Waals surface area contributed by atoms with Gasteiger partial charge >= 0.3 is 11.9 Å². The molecule has 1 saturated heterocycles. The second kappa shape index (κ2) is 29.8. The topological polar surface area (TPSA) is 427 Å². The summed E-state index contributed by atoms with van der Waals surface area (Å²) in [5, 5.41) is 42.4. The number of amides is 8. The van der Waals surface area contributed by atoms with Crippen LogP contribution in [-0.4, -0.2) is 188 Å². The highest BCUT2D eigenvalue weighted by Gasteiger charge is 2.34. The Labute approximate surface area is 418 Å². The maximum atomic E-state index is 12.9. The van der Waals surface area contributed by atoms with Crippen LogP contribution in [0.3, 0.4) is 0 Å². The fraction of sp³-hybridized carbons (Fsp3) is 0.558. The van der Waals surface area contributed by atoms with Crippen LogP contribution >= 0.6 is 12.6 Å². The molecule has 7 atom stereocenters. The molecule has 72 heavy (non-hydrogen) atoms. The number of carbonyl (C=O) groups excluding carboxylic acids is 8. The van der Waals surface area contributed by atoms with Crippen LogP contribution in [0.2, 0.25) is 0 Å². The fourth-order valence-electron chi connectivity index (χ4n) is 7.09. The first-order valence-corrected chi connectivity index (χ1v) is 23.6. The molecule has 1 aromatic rings. The van der Waals surface area contributed by atoms with Gasteiger partial charge in [0.15, 0.2) is 18.2 Å². The lowest BCUT2D eigenvalue weighted by Gasteiger charge is -2.25. The number of thiol groups is 1. The third-order valence-corrected chi connectivity index (χ3v) is 11.3. The van der Waals surface area contributed by atoms with Gasteiger partial charge in [-0.05, 0) is 69.3 Å². The van der Waals surface area contributed by atoms with Gasteiger partial charge in [-0.3, -0.25) is 58.5 Å². The second-order valence-electron chi connectivity index (χ2n) is 16.5. The van der Waals surface area contributed by atoms with E-state index in [1.165, 1.54) is 18.3 Å². The number of nitrogens with two attached hydrogens (primary N) is 2. The number of aliphatic carboxylic acids is 2. The van der Waals surface area contributed by atoms with Crippen LogP contribution in [0.1, 0.15) is 61.7 Å². The summed E-state index contributed by atoms with van der Waals surface area (Å²) in [5.74, 6) is -7.75. The zero-order chi connectivity index (χ0) is 52.6. The number of ether oxygens (including phenoxy) is 2. The van der Waals surface area contributed by atoms with Crippen LogP contribution in [0.15, 0.2) is 39.2 Å². The highest BCUT2D eigenvalue weighted by molar-refractivity contribution is 7.80. The normalized spacial score (nSPS) is 18.5. The lowest BCUT2D eigenvalue weighted by molar-refractivity contribution is -0.141. The molecule has 7 unspecified atom stereocenters. The number of anilines is 1. The van der Waals surface area contributed by atoms with Crippen molar-refractivity contribution in [2.24, 2.45) is 26.4 Å². The van der Waals surface area contributed by atoms with Crippen LogP contribution in [0.4, 0.5) is 5.69 Å². The number of rotatable bonds is 32. The predicted molar refractivity (Wildman–Crippen MR) is 260 cm³/mol. The molecule has 0 aliphatic carbocycles. The van der Waals surface area contributed by atoms with E-state index < -0.39 is 115 Å². The number of aliphatic imine (C=N–C) groups is 3. The van der Waals surface area contributed by atoms with Gasteiger partial charge in [-0.25, -0.2) is 9.79 Å². The Balaban J connectivity index is 1.03. The Morgan fingerprint density at radius 1 is 0.819 bits per heavy atom. The van der Waals surface area contributed by atoms with Gasteiger partial charge in [-0.1, -0.05) is 0 Å². The van der Waals surface area contributed by atoms with Crippen LogP contribution in [0, 0.1) is 0 Å². The molecule has 0 bridgehead atoms. The van der Waals surface area contributed by atoms with Crippen molar-refractivity contribution in [2.45, 2.75) is 93.8 Å². The van der Waals surface area contributed by atoms with E-state index in [4.69, 9.17) is 20.9 Å². The van der Waals surface area contributed by atoms with Crippen molar-refractivity contribution in [3.05, 3.63) is 29.8 Å². The summed E-state index contributed by atoms with van der Waals surface area (Å²) < 4.78 is 10.7. The van der Waals surface area contributed by atoms with Gasteiger partial charge in [0.1, 0.15) is 30.8 Å². The maximum Gasteiger partial charge on any atom is 0.326 e. The zero-order valence-corrected chi connectivity index (χ0v) is 40.1. The van der Waals surface area contributed by atoms with E-state index in [0.717, 1.165) is 6.42 Å². The molecule has 28 nitrogen and oxygen atoms in total. The number of carboxylic acids is 2. The fourth-order valence-corrected chi connectivity index (χ4v) is 7.35. The van der Waals surface area contributed by atoms with E-state index in [1.807, 2.05) is 0 Å². The lowest BCUT2D eigenvalue weighted by Crippen LogP contribution is -2.56. The van der Waals surface area contributed by atoms with Crippen LogP contribution < -0.4 is 59.3 Å². The van der Waals surface area contributed by atoms with Crippen molar-refractivity contribution in [2.75, 3.05) is 63.7 Å². The quantitative estimate of drug-likeness (QED) is 0.0238. The van der Waals surface area contributed by atoms with Crippen molar-refractivity contribution in [3.63, 3.8) is 0 Å². The SMILES string of the molecule is NC(=O)C(CCCCNC(=O)C(CS)NC(=O)C(CC(=O)O)NC(=O)C1CCCN1)NC(=O)COCCOCCNC(=O)CCC(NC(=O)c1ccc(NCC2=NC3C(=O)NC(N)=NC3N=C2)cc1)C(=O)O. The molecule has 3 aliphatic rings. The number of hydrogen-bond acceptors (Lipinski definition) is 19. The summed E-state index contributed by atoms with van der Waals surface area (Å²) in [6.07, 6.45) is 1.81. The van der Waals surface area contributed by atoms with Gasteiger partial charge in [-0.15, -0.1) is 0 Å². The molecule has 0 spiro atoms. The molecule has 1 aromatic carbocycles. The first-order valence-electron chi connectivity index (χ1n) is 23.0. The molecule has 394 valence electrons. The maximum absolute atomic E-state index is 12.9. The van der Waals surface area contributed by atoms with Gasteiger partial charge < -0.3 is 73.7 Å². The van der Waals surface area contributed by atoms with E-state index >= 15 is 0 Å². The van der Waals surface area contributed by atoms with Crippen LogP contribution in [-0.2, 0) is 52.6 Å². The van der Waals surface area contributed by atoms with Crippen molar-refractivity contribution < 1.29 is 67.6 Å². The van der Waals surface area contributed by atoms with Gasteiger partial charge in [0.05, 0.1) is 44.5 Å². The molecular formula is C43H62N14O14S. The molecule has 0 radical (unpaired) electrons. The van der Waals surface area contributed by atoms with Crippen molar-refractivity contribution in [1.29, 1.82) is 0 Å². The van der Waals surface area contributed by atoms with E-state index in [-0.39, 0.29) is 76.0 Å². The molecule has 0 saturated carbocycles. The predicted octanol–water partition coefficient (Wildman–Crippen LogP) is -4.74. The molecule has 15 N–H and O–H groups in total. The summed E-state index contributed by atoms with van der Waals surface area (Å²) in [6, 6.07) is -0.147. The van der Waals surface area contributed by atoms with Crippen molar-refractivity contribution >= 4 is 95.4 Å². The van der Waals surface area contributed by atoms with Crippen molar-refractivity contribution in [1.82, 2.24) is 42.5 Å². The van der Waals surface area contributed by atoms with Crippen molar-refractivity contribution in [3.8, 4) is 0 Å². The Kier molecular flexibility index (Phi) is 23.8. The Morgan fingerprint density at radius 3 is 2.25 bits per heavy atom. The Bertz CT molecular complexity index is 2210. The first kappa shape index (κ1) is 57.3. The highest BCUT2D eigenvalue weighted by Crippen LogP contribution is 2.15. The molecule has 8 amide bonds. The number of nitrogens with one attached hydrogen (secondary N) is 9. The van der Waals surface area contributed by atoms with Gasteiger partial charge in [-0.2, -0.15) is 12.6 Å². The smallest absolute Gasteiger partial charge is 0.326 e. The Hall–Kier alpha value is -7.24. The average Bonchev–Trinajstić information content (AvgIpc) is 3.89.